The molecule has 0 saturated carbocycles. The number of rotatable bonds is 38. The zero-order chi connectivity index (χ0) is 62.0. The summed E-state index contributed by atoms with van der Waals surface area (Å²) in [7, 11) is 0. The zero-order valence-electron chi connectivity index (χ0n) is 54.6. The van der Waals surface area contributed by atoms with E-state index in [4.69, 9.17) is 9.47 Å². The minimum absolute atomic E-state index is 0.0303. The second kappa shape index (κ2) is 32.3. The first-order valence-corrected chi connectivity index (χ1v) is 37.1. The normalized spacial score (nSPS) is 13.3. The van der Waals surface area contributed by atoms with Crippen molar-refractivity contribution < 1.29 is 14.3 Å². The third-order valence-corrected chi connectivity index (χ3v) is 23.1. The molecule has 0 atom stereocenters. The highest BCUT2D eigenvalue weighted by molar-refractivity contribution is 7.25. The Bertz CT molecular complexity index is 3550. The Labute approximate surface area is 548 Å². The Hall–Kier alpha value is -6.05. The number of thiophene rings is 3. The minimum Gasteiger partial charge on any atom is -0.494 e. The van der Waals surface area contributed by atoms with Crippen LogP contribution in [-0.4, -0.2) is 18.7 Å². The van der Waals surface area contributed by atoms with Crippen LogP contribution < -0.4 is 4.74 Å². The fourth-order valence-electron chi connectivity index (χ4n) is 14.8. The van der Waals surface area contributed by atoms with Gasteiger partial charge in [0.25, 0.3) is 0 Å². The van der Waals surface area contributed by atoms with Gasteiger partial charge in [-0.05, 0) is 203 Å². The number of unbranched alkanes of at least 4 members (excludes halogenated alkanes) is 17. The molecule has 3 heterocycles. The second-order valence-corrected chi connectivity index (χ2v) is 29.2. The molecule has 2 aliphatic rings. The van der Waals surface area contributed by atoms with Gasteiger partial charge >= 0.3 is 5.97 Å². The molecule has 0 aliphatic heterocycles. The Balaban J connectivity index is 0.792. The zero-order valence-corrected chi connectivity index (χ0v) is 57.0. The largest absolute Gasteiger partial charge is 0.494 e. The number of hydrogen-bond donors (Lipinski definition) is 0. The van der Waals surface area contributed by atoms with Crippen LogP contribution in [0.4, 0.5) is 0 Å². The molecule has 3 aromatic heterocycles. The Kier molecular flexibility index (Phi) is 23.9. The van der Waals surface area contributed by atoms with Gasteiger partial charge in [-0.1, -0.05) is 229 Å². The summed E-state index contributed by atoms with van der Waals surface area (Å²) in [6.45, 7) is 19.8. The predicted molar refractivity (Wildman–Crippen MR) is 388 cm³/mol. The highest BCUT2D eigenvalue weighted by Gasteiger charge is 2.44. The summed E-state index contributed by atoms with van der Waals surface area (Å²) in [5.41, 5.74) is 18.7. The van der Waals surface area contributed by atoms with Gasteiger partial charge in [-0.15, -0.1) is 34.0 Å². The molecule has 0 spiro atoms. The van der Waals surface area contributed by atoms with Gasteiger partial charge in [0.15, 0.2) is 0 Å². The molecule has 0 unspecified atom stereocenters. The summed E-state index contributed by atoms with van der Waals surface area (Å²) >= 11 is 5.81. The van der Waals surface area contributed by atoms with Crippen molar-refractivity contribution in [3.8, 4) is 79.5 Å². The number of fused-ring (bicyclic) bond motifs is 6. The lowest BCUT2D eigenvalue weighted by Crippen LogP contribution is -2.25. The summed E-state index contributed by atoms with van der Waals surface area (Å²) in [4.78, 5) is 20.0. The third kappa shape index (κ3) is 15.7. The number of hydrogen-bond acceptors (Lipinski definition) is 6. The first-order valence-electron chi connectivity index (χ1n) is 34.7. The Morgan fingerprint density at radius 3 is 1.24 bits per heavy atom. The lowest BCUT2D eigenvalue weighted by atomic mass is 9.70. The van der Waals surface area contributed by atoms with Crippen LogP contribution in [0.1, 0.15) is 229 Å². The molecule has 3 nitrogen and oxygen atoms in total. The van der Waals surface area contributed by atoms with Crippen molar-refractivity contribution in [2.45, 2.75) is 225 Å². The summed E-state index contributed by atoms with van der Waals surface area (Å²) in [5.74, 6) is 0.764. The molecule has 0 fully saturated rings. The van der Waals surface area contributed by atoms with Crippen LogP contribution in [0, 0.1) is 6.92 Å². The summed E-state index contributed by atoms with van der Waals surface area (Å²) in [6.07, 6.45) is 35.3. The average Bonchev–Trinajstić information content (AvgIpc) is 1.69. The van der Waals surface area contributed by atoms with Gasteiger partial charge < -0.3 is 9.47 Å². The van der Waals surface area contributed by atoms with Crippen LogP contribution in [0.5, 0.6) is 5.75 Å². The van der Waals surface area contributed by atoms with Crippen molar-refractivity contribution in [2.24, 2.45) is 0 Å². The quantitative estimate of drug-likeness (QED) is 0.0220. The molecule has 2 aliphatic carbocycles. The highest BCUT2D eigenvalue weighted by atomic mass is 32.1. The van der Waals surface area contributed by atoms with E-state index in [1.165, 1.54) is 206 Å². The summed E-state index contributed by atoms with van der Waals surface area (Å²) < 4.78 is 11.5. The van der Waals surface area contributed by atoms with Gasteiger partial charge in [-0.3, -0.25) is 4.79 Å². The molecule has 468 valence electrons. The van der Waals surface area contributed by atoms with Gasteiger partial charge in [0.2, 0.25) is 0 Å². The topological polar surface area (TPSA) is 35.5 Å². The van der Waals surface area contributed by atoms with Crippen molar-refractivity contribution in [1.29, 1.82) is 0 Å². The van der Waals surface area contributed by atoms with E-state index in [0.29, 0.717) is 6.42 Å². The van der Waals surface area contributed by atoms with E-state index in [1.54, 1.807) is 23.3 Å². The first kappa shape index (κ1) is 65.9. The molecule has 0 saturated heterocycles. The van der Waals surface area contributed by atoms with Crippen molar-refractivity contribution in [3.63, 3.8) is 0 Å². The number of ether oxygens (including phenoxy) is 2. The average molecular weight is 1240 g/mol. The van der Waals surface area contributed by atoms with Gasteiger partial charge in [0, 0.05) is 46.5 Å². The van der Waals surface area contributed by atoms with Crippen LogP contribution in [-0.2, 0) is 20.4 Å². The van der Waals surface area contributed by atoms with Crippen LogP contribution in [0.3, 0.4) is 0 Å². The van der Waals surface area contributed by atoms with Crippen LogP contribution in [0.25, 0.3) is 73.8 Å². The number of carbonyl (C=O) groups excluding carboxylic acids is 1. The van der Waals surface area contributed by atoms with Crippen LogP contribution in [0.15, 0.2) is 159 Å². The molecule has 0 amide bonds. The van der Waals surface area contributed by atoms with E-state index < -0.39 is 6.10 Å². The molecule has 5 aromatic carbocycles. The molecule has 0 N–H and O–H groups in total. The molecule has 8 aromatic rings. The fraction of sp³-hybridized carbons (Fsp3) is 0.434. The maximum Gasteiger partial charge on any atom is 0.306 e. The van der Waals surface area contributed by atoms with Gasteiger partial charge in [-0.2, -0.15) is 0 Å². The van der Waals surface area contributed by atoms with E-state index in [1.807, 2.05) is 34.0 Å². The lowest BCUT2D eigenvalue weighted by Gasteiger charge is -2.33. The molecular formula is C83H100O3S3. The summed E-state index contributed by atoms with van der Waals surface area (Å²) in [5, 5.41) is 0. The van der Waals surface area contributed by atoms with Gasteiger partial charge in [-0.25, -0.2) is 0 Å². The third-order valence-electron chi connectivity index (χ3n) is 19.5. The van der Waals surface area contributed by atoms with E-state index in [9.17, 15) is 4.79 Å². The molecule has 10 rings (SSSR count). The van der Waals surface area contributed by atoms with Crippen LogP contribution >= 0.6 is 34.0 Å². The molecular weight excluding hydrogens is 1140 g/mol. The number of carbonyl (C=O) groups is 1. The second-order valence-electron chi connectivity index (χ2n) is 25.9. The maximum absolute atomic E-state index is 12.0. The molecule has 6 heteroatoms. The molecule has 0 radical (unpaired) electrons. The van der Waals surface area contributed by atoms with Crippen LogP contribution in [0.2, 0.25) is 0 Å². The molecule has 89 heavy (non-hydrogen) atoms. The van der Waals surface area contributed by atoms with E-state index in [-0.39, 0.29) is 16.8 Å². The van der Waals surface area contributed by atoms with Crippen molar-refractivity contribution in [1.82, 2.24) is 0 Å². The lowest BCUT2D eigenvalue weighted by molar-refractivity contribution is -0.145. The minimum atomic E-state index is -0.391. The standard InChI is InChI=1S/C83H100O3S3/c1-8-14-16-18-25-29-53-83(54-30-26-19-17-15-9-2)71-56-60(7)33-41-67(71)68-42-37-64(59-74(68)83)78-48-50-80(89-78)79-49-47-77(88-79)63-38-44-70-69-43-36-62(57-72(69)82(51-10-3,52-11-4)73(70)58-63)76-46-45-75(87-76)61-34-39-66(40-35-61)85-55-31-27-23-21-20-22-24-28-32-81(84)86-65(12-5)13-6/h12-13,33-50,56-59,65H,5-6,8-11,14-32,51-55H2,1-4,7H3. The summed E-state index contributed by atoms with van der Waals surface area (Å²) in [6, 6.07) is 52.6. The van der Waals surface area contributed by atoms with Gasteiger partial charge in [0.1, 0.15) is 11.9 Å². The van der Waals surface area contributed by atoms with Crippen molar-refractivity contribution >= 4 is 40.0 Å². The number of esters is 1. The monoisotopic (exact) mass is 1240 g/mol. The first-order chi connectivity index (χ1) is 43.6. The smallest absolute Gasteiger partial charge is 0.306 e. The van der Waals surface area contributed by atoms with E-state index in [2.05, 4.69) is 181 Å². The molecule has 0 bridgehead atoms. The van der Waals surface area contributed by atoms with Gasteiger partial charge in [0.05, 0.1) is 6.61 Å². The predicted octanol–water partition coefficient (Wildman–Crippen LogP) is 26.3. The SMILES string of the molecule is C=CC(C=C)OC(=O)CCCCCCCCCCOc1ccc(-c2ccc(-c3ccc4c(c3)C(CCC)(CCC)c3cc(-c5ccc(-c6ccc(-c7ccc8c(c7)C(CCCCCCCC)(CCCCCCCC)c7cc(C)ccc7-8)s6)s5)ccc3-4)s2)cc1. The Morgan fingerprint density at radius 1 is 0.404 bits per heavy atom. The Morgan fingerprint density at radius 2 is 0.775 bits per heavy atom. The fourth-order valence-corrected chi connectivity index (χ4v) is 17.9. The van der Waals surface area contributed by atoms with Crippen molar-refractivity contribution in [3.05, 3.63) is 187 Å². The van der Waals surface area contributed by atoms with E-state index >= 15 is 0 Å². The number of aryl methyl sites for hydroxylation is 1. The maximum atomic E-state index is 12.0. The van der Waals surface area contributed by atoms with Crippen molar-refractivity contribution in [2.75, 3.05) is 6.61 Å². The number of benzene rings is 5. The van der Waals surface area contributed by atoms with E-state index in [0.717, 1.165) is 63.7 Å². The highest BCUT2D eigenvalue weighted by Crippen LogP contribution is 2.58.